The Balaban J connectivity index is 1.74. The largest absolute Gasteiger partial charge is 0.487 e. The van der Waals surface area contributed by atoms with Crippen molar-refractivity contribution >= 4 is 23.2 Å². The maximum atomic E-state index is 13.3. The highest BCUT2D eigenvalue weighted by molar-refractivity contribution is 6.33. The van der Waals surface area contributed by atoms with Crippen LogP contribution >= 0.6 is 23.2 Å². The molecular weight excluding hydrogens is 490 g/mol. The lowest BCUT2D eigenvalue weighted by atomic mass is 10.1. The molecule has 1 aromatic carbocycles. The van der Waals surface area contributed by atoms with Crippen LogP contribution in [0.1, 0.15) is 42.4 Å². The first-order chi connectivity index (χ1) is 16.7. The predicted octanol–water partition coefficient (Wildman–Crippen LogP) is 6.45. The van der Waals surface area contributed by atoms with E-state index in [1.54, 1.807) is 37.4 Å². The Morgan fingerprint density at radius 2 is 1.77 bits per heavy atom. The lowest BCUT2D eigenvalue weighted by Gasteiger charge is -2.16. The molecule has 180 valence electrons. The molecule has 0 fully saturated rings. The van der Waals surface area contributed by atoms with Crippen LogP contribution in [0.5, 0.6) is 5.75 Å². The summed E-state index contributed by atoms with van der Waals surface area (Å²) in [5, 5.41) is 0.193. The van der Waals surface area contributed by atoms with Crippen LogP contribution in [0.4, 0.5) is 4.39 Å². The summed E-state index contributed by atoms with van der Waals surface area (Å²) in [6, 6.07) is 9.28. The summed E-state index contributed by atoms with van der Waals surface area (Å²) >= 11 is 12.9. The van der Waals surface area contributed by atoms with Crippen molar-refractivity contribution in [3.63, 3.8) is 0 Å². The second kappa shape index (κ2) is 10.1. The molecule has 0 saturated heterocycles. The Morgan fingerprint density at radius 3 is 2.46 bits per heavy atom. The molecule has 3 aromatic heterocycles. The highest BCUT2D eigenvalue weighted by Crippen LogP contribution is 2.30. The number of ether oxygens (including phenoxy) is 1. The van der Waals surface area contributed by atoms with Gasteiger partial charge in [0.15, 0.2) is 0 Å². The van der Waals surface area contributed by atoms with Crippen molar-refractivity contribution in [3.05, 3.63) is 97.7 Å². The fourth-order valence-corrected chi connectivity index (χ4v) is 3.93. The van der Waals surface area contributed by atoms with Gasteiger partial charge in [-0.2, -0.15) is 0 Å². The minimum atomic E-state index is -0.484. The molecule has 0 unspecified atom stereocenters. The van der Waals surface area contributed by atoms with Crippen LogP contribution in [-0.2, 0) is 6.61 Å². The van der Waals surface area contributed by atoms with Gasteiger partial charge in [-0.15, -0.1) is 0 Å². The van der Waals surface area contributed by atoms with Gasteiger partial charge < -0.3 is 4.74 Å². The number of hydrogen-bond acceptors (Lipinski definition) is 5. The molecule has 0 bridgehead atoms. The van der Waals surface area contributed by atoms with E-state index in [0.29, 0.717) is 28.6 Å². The van der Waals surface area contributed by atoms with Crippen LogP contribution in [0.2, 0.25) is 10.0 Å². The van der Waals surface area contributed by atoms with Gasteiger partial charge in [-0.25, -0.2) is 14.4 Å². The second-order valence-corrected chi connectivity index (χ2v) is 9.24. The Labute approximate surface area is 212 Å². The zero-order valence-corrected chi connectivity index (χ0v) is 21.2. The first kappa shape index (κ1) is 24.8. The average Bonchev–Trinajstić information content (AvgIpc) is 2.83. The maximum absolute atomic E-state index is 13.3. The quantitative estimate of drug-likeness (QED) is 0.296. The molecule has 0 N–H and O–H groups in total. The minimum absolute atomic E-state index is 0.0903. The first-order valence-electron chi connectivity index (χ1n) is 10.9. The van der Waals surface area contributed by atoms with Gasteiger partial charge in [-0.1, -0.05) is 49.2 Å². The Bertz CT molecular complexity index is 1450. The molecule has 0 radical (unpaired) electrons. The van der Waals surface area contributed by atoms with Crippen molar-refractivity contribution in [3.8, 4) is 22.8 Å². The summed E-state index contributed by atoms with van der Waals surface area (Å²) in [7, 11) is 0. The lowest BCUT2D eigenvalue weighted by molar-refractivity contribution is 0.305. The third-order valence-corrected chi connectivity index (χ3v) is 6.07. The molecule has 0 spiro atoms. The van der Waals surface area contributed by atoms with Crippen molar-refractivity contribution in [2.45, 2.75) is 40.2 Å². The van der Waals surface area contributed by atoms with Crippen LogP contribution in [-0.4, -0.2) is 19.5 Å². The van der Waals surface area contributed by atoms with Gasteiger partial charge >= 0.3 is 0 Å². The molecule has 0 saturated carbocycles. The number of rotatable bonds is 6. The zero-order valence-electron chi connectivity index (χ0n) is 19.6. The number of hydrogen-bond donors (Lipinski definition) is 0. The van der Waals surface area contributed by atoms with Crippen LogP contribution in [0, 0.1) is 19.7 Å². The van der Waals surface area contributed by atoms with E-state index >= 15 is 0 Å². The Morgan fingerprint density at radius 1 is 1.06 bits per heavy atom. The monoisotopic (exact) mass is 512 g/mol. The van der Waals surface area contributed by atoms with Crippen molar-refractivity contribution in [1.29, 1.82) is 0 Å². The van der Waals surface area contributed by atoms with Crippen molar-refractivity contribution < 1.29 is 9.13 Å². The summed E-state index contributed by atoms with van der Waals surface area (Å²) in [6.45, 7) is 7.82. The van der Waals surface area contributed by atoms with Crippen LogP contribution in [0.25, 0.3) is 17.1 Å². The predicted molar refractivity (Wildman–Crippen MR) is 135 cm³/mol. The molecular formula is C26H23Cl2FN4O2. The van der Waals surface area contributed by atoms with Gasteiger partial charge in [-0.3, -0.25) is 14.3 Å². The number of aromatic nitrogens is 4. The fourth-order valence-electron chi connectivity index (χ4n) is 3.55. The van der Waals surface area contributed by atoms with E-state index in [9.17, 15) is 9.18 Å². The second-order valence-electron chi connectivity index (χ2n) is 8.46. The smallest absolute Gasteiger partial charge is 0.277 e. The van der Waals surface area contributed by atoms with Crippen molar-refractivity contribution in [1.82, 2.24) is 19.5 Å². The topological polar surface area (TPSA) is 69.9 Å². The molecule has 9 heteroatoms. The van der Waals surface area contributed by atoms with E-state index in [1.807, 2.05) is 20.8 Å². The van der Waals surface area contributed by atoms with Gasteiger partial charge in [-0.05, 0) is 43.2 Å². The molecule has 0 aliphatic heterocycles. The lowest BCUT2D eigenvalue weighted by Crippen LogP contribution is -2.22. The number of nitrogens with zero attached hydrogens (tertiary/aromatic N) is 4. The van der Waals surface area contributed by atoms with Gasteiger partial charge in [0.2, 0.25) is 0 Å². The molecule has 0 amide bonds. The molecule has 0 atom stereocenters. The van der Waals surface area contributed by atoms with Gasteiger partial charge in [0.1, 0.15) is 29.0 Å². The van der Waals surface area contributed by atoms with Crippen LogP contribution in [0.15, 0.2) is 53.6 Å². The van der Waals surface area contributed by atoms with Crippen LogP contribution < -0.4 is 10.3 Å². The summed E-state index contributed by atoms with van der Waals surface area (Å²) in [6.07, 6.45) is 3.25. The van der Waals surface area contributed by atoms with Gasteiger partial charge in [0, 0.05) is 30.1 Å². The standard InChI is InChI=1S/C26H23Cl2FN4O2/c1-14(2)25-31-11-15(3)24(32-25)20-10-21(19(27)12-30-20)33-16(4)9-22(23(28)26(33)34)35-13-17-5-7-18(29)8-6-17/h5-12,14H,13H2,1-4H3. The van der Waals surface area contributed by atoms with Crippen LogP contribution in [0.3, 0.4) is 0 Å². The molecule has 4 aromatic rings. The normalized spacial score (nSPS) is 11.2. The summed E-state index contributed by atoms with van der Waals surface area (Å²) in [5.41, 5.74) is 3.32. The van der Waals surface area contributed by atoms with E-state index in [0.717, 1.165) is 11.1 Å². The number of halogens is 3. The first-order valence-corrected chi connectivity index (χ1v) is 11.7. The zero-order chi connectivity index (χ0) is 25.3. The SMILES string of the molecule is Cc1cnc(C(C)C)nc1-c1cc(-n2c(C)cc(OCc3ccc(F)cc3)c(Cl)c2=O)c(Cl)cn1. The summed E-state index contributed by atoms with van der Waals surface area (Å²) in [4.78, 5) is 26.8. The number of benzene rings is 1. The van der Waals surface area contributed by atoms with Crippen molar-refractivity contribution in [2.24, 2.45) is 0 Å². The van der Waals surface area contributed by atoms with Gasteiger partial charge in [0.05, 0.1) is 22.1 Å². The van der Waals surface area contributed by atoms with E-state index in [4.69, 9.17) is 27.9 Å². The molecule has 0 aliphatic rings. The highest BCUT2D eigenvalue weighted by atomic mass is 35.5. The molecule has 6 nitrogen and oxygen atoms in total. The molecule has 0 aliphatic carbocycles. The Hall–Kier alpha value is -3.29. The van der Waals surface area contributed by atoms with Gasteiger partial charge in [0.25, 0.3) is 5.56 Å². The summed E-state index contributed by atoms with van der Waals surface area (Å²) in [5.74, 6) is 0.736. The third kappa shape index (κ3) is 5.21. The minimum Gasteiger partial charge on any atom is -0.487 e. The van der Waals surface area contributed by atoms with E-state index < -0.39 is 5.56 Å². The number of pyridine rings is 2. The molecule has 4 rings (SSSR count). The number of aryl methyl sites for hydroxylation is 2. The van der Waals surface area contributed by atoms with E-state index in [1.165, 1.54) is 22.9 Å². The van der Waals surface area contributed by atoms with Crippen molar-refractivity contribution in [2.75, 3.05) is 0 Å². The fraction of sp³-hybridized carbons (Fsp3) is 0.231. The molecule has 3 heterocycles. The maximum Gasteiger partial charge on any atom is 0.277 e. The summed E-state index contributed by atoms with van der Waals surface area (Å²) < 4.78 is 20.3. The van der Waals surface area contributed by atoms with E-state index in [2.05, 4.69) is 15.0 Å². The molecule has 35 heavy (non-hydrogen) atoms. The van der Waals surface area contributed by atoms with E-state index in [-0.39, 0.29) is 34.1 Å². The Kier molecular flexibility index (Phi) is 7.19. The third-order valence-electron chi connectivity index (χ3n) is 5.43. The highest BCUT2D eigenvalue weighted by Gasteiger charge is 2.18. The average molecular weight is 513 g/mol.